The zero-order valence-corrected chi connectivity index (χ0v) is 16.5. The van der Waals surface area contributed by atoms with Crippen molar-refractivity contribution in [2.24, 2.45) is 0 Å². The minimum absolute atomic E-state index is 0.241. The minimum atomic E-state index is -0.710. The first-order valence-corrected chi connectivity index (χ1v) is 9.84. The van der Waals surface area contributed by atoms with E-state index in [2.05, 4.69) is 6.92 Å². The van der Waals surface area contributed by atoms with E-state index >= 15 is 0 Å². The van der Waals surface area contributed by atoms with Crippen molar-refractivity contribution in [1.29, 1.82) is 0 Å². The van der Waals surface area contributed by atoms with E-state index in [9.17, 15) is 14.7 Å². The molecule has 146 valence electrons. The van der Waals surface area contributed by atoms with E-state index in [0.717, 1.165) is 30.4 Å². The van der Waals surface area contributed by atoms with Gasteiger partial charge in [0.2, 0.25) is 0 Å². The Morgan fingerprint density at radius 3 is 2.36 bits per heavy atom. The fraction of sp³-hybridized carbons (Fsp3) is 0.333. The molecule has 4 nitrogen and oxygen atoms in total. The number of unbranched alkanes of at least 4 members (excludes halogenated alkanes) is 1. The summed E-state index contributed by atoms with van der Waals surface area (Å²) in [6.07, 6.45) is 7.20. The van der Waals surface area contributed by atoms with E-state index in [1.807, 2.05) is 43.3 Å². The van der Waals surface area contributed by atoms with Gasteiger partial charge in [-0.2, -0.15) is 0 Å². The molecule has 1 atom stereocenters. The van der Waals surface area contributed by atoms with Gasteiger partial charge in [0.15, 0.2) is 0 Å². The largest absolute Gasteiger partial charge is 0.390 e. The maximum atomic E-state index is 12.4. The Balaban J connectivity index is 1.64. The molecule has 2 aromatic rings. The van der Waals surface area contributed by atoms with Crippen molar-refractivity contribution in [3.05, 3.63) is 76.9 Å². The molecule has 0 aromatic heterocycles. The van der Waals surface area contributed by atoms with Crippen molar-refractivity contribution in [1.82, 2.24) is 4.90 Å². The third kappa shape index (κ3) is 4.57. The molecule has 28 heavy (non-hydrogen) atoms. The van der Waals surface area contributed by atoms with Gasteiger partial charge in [0.1, 0.15) is 0 Å². The molecule has 0 saturated heterocycles. The van der Waals surface area contributed by atoms with Gasteiger partial charge in [-0.1, -0.05) is 68.3 Å². The molecular weight excluding hydrogens is 350 g/mol. The summed E-state index contributed by atoms with van der Waals surface area (Å²) in [5, 5.41) is 10.6. The van der Waals surface area contributed by atoms with Crippen molar-refractivity contribution in [3.8, 4) is 0 Å². The van der Waals surface area contributed by atoms with Crippen LogP contribution in [0, 0.1) is 0 Å². The third-order valence-electron chi connectivity index (χ3n) is 5.08. The van der Waals surface area contributed by atoms with E-state index in [-0.39, 0.29) is 18.4 Å². The van der Waals surface area contributed by atoms with Gasteiger partial charge in [-0.15, -0.1) is 0 Å². The van der Waals surface area contributed by atoms with Crippen LogP contribution >= 0.6 is 0 Å². The monoisotopic (exact) mass is 377 g/mol. The average Bonchev–Trinajstić information content (AvgIpc) is 2.92. The lowest BCUT2D eigenvalue weighted by Gasteiger charge is -2.23. The molecule has 1 N–H and O–H groups in total. The number of nitrogens with zero attached hydrogens (tertiary/aromatic N) is 1. The van der Waals surface area contributed by atoms with Crippen LogP contribution < -0.4 is 0 Å². The first-order valence-electron chi connectivity index (χ1n) is 9.84. The Morgan fingerprint density at radius 2 is 1.71 bits per heavy atom. The van der Waals surface area contributed by atoms with Crippen LogP contribution in [0.3, 0.4) is 0 Å². The molecule has 0 spiro atoms. The van der Waals surface area contributed by atoms with Crippen LogP contribution in [0.2, 0.25) is 0 Å². The van der Waals surface area contributed by atoms with E-state index in [1.54, 1.807) is 24.3 Å². The van der Waals surface area contributed by atoms with Gasteiger partial charge in [-0.3, -0.25) is 14.5 Å². The Morgan fingerprint density at radius 1 is 1.04 bits per heavy atom. The number of benzene rings is 2. The highest BCUT2D eigenvalue weighted by molar-refractivity contribution is 6.21. The number of amides is 2. The predicted molar refractivity (Wildman–Crippen MR) is 111 cm³/mol. The highest BCUT2D eigenvalue weighted by Crippen LogP contribution is 2.23. The molecule has 3 rings (SSSR count). The molecule has 0 bridgehead atoms. The minimum Gasteiger partial charge on any atom is -0.390 e. The highest BCUT2D eigenvalue weighted by Gasteiger charge is 2.34. The van der Waals surface area contributed by atoms with Crippen molar-refractivity contribution in [3.63, 3.8) is 0 Å². The number of hydrogen-bond donors (Lipinski definition) is 1. The van der Waals surface area contributed by atoms with Crippen LogP contribution in [-0.4, -0.2) is 34.0 Å². The quantitative estimate of drug-likeness (QED) is 0.690. The smallest absolute Gasteiger partial charge is 0.261 e. The second-order valence-corrected chi connectivity index (χ2v) is 7.69. The standard InChI is InChI=1S/C24H27NO3/c1-3-4-14-24(2,28)17-19-10-7-9-18(16-19)11-8-15-25-22(26)20-12-5-6-13-21(20)23(25)27/h5-13,16,28H,3-4,14-15,17H2,1-2H3. The summed E-state index contributed by atoms with van der Waals surface area (Å²) in [5.41, 5.74) is 2.29. The van der Waals surface area contributed by atoms with Crippen molar-refractivity contribution in [2.75, 3.05) is 6.54 Å². The molecule has 0 radical (unpaired) electrons. The van der Waals surface area contributed by atoms with Crippen LogP contribution in [-0.2, 0) is 6.42 Å². The first-order chi connectivity index (χ1) is 13.4. The molecule has 1 aliphatic rings. The van der Waals surface area contributed by atoms with Gasteiger partial charge in [-0.05, 0) is 36.6 Å². The third-order valence-corrected chi connectivity index (χ3v) is 5.08. The maximum absolute atomic E-state index is 12.4. The molecule has 0 saturated carbocycles. The van der Waals surface area contributed by atoms with E-state index in [0.29, 0.717) is 17.5 Å². The normalized spacial score (nSPS) is 15.9. The summed E-state index contributed by atoms with van der Waals surface area (Å²) < 4.78 is 0. The fourth-order valence-electron chi connectivity index (χ4n) is 3.59. The summed E-state index contributed by atoms with van der Waals surface area (Å²) in [7, 11) is 0. The number of fused-ring (bicyclic) bond motifs is 1. The molecular formula is C24H27NO3. The number of carbonyl (C=O) groups is 2. The van der Waals surface area contributed by atoms with Gasteiger partial charge in [-0.25, -0.2) is 0 Å². The molecule has 1 heterocycles. The van der Waals surface area contributed by atoms with Crippen molar-refractivity contribution in [2.45, 2.75) is 45.1 Å². The number of imide groups is 1. The van der Waals surface area contributed by atoms with Gasteiger partial charge in [0.25, 0.3) is 11.8 Å². The SMILES string of the molecule is CCCCC(C)(O)Cc1cccc(C=CCN2C(=O)c3ccccc3C2=O)c1. The van der Waals surface area contributed by atoms with Crippen LogP contribution in [0.15, 0.2) is 54.6 Å². The number of rotatable bonds is 8. The molecule has 2 amide bonds. The van der Waals surface area contributed by atoms with Gasteiger partial charge in [0.05, 0.1) is 16.7 Å². The summed E-state index contributed by atoms with van der Waals surface area (Å²) in [6.45, 7) is 4.24. The van der Waals surface area contributed by atoms with Crippen molar-refractivity contribution >= 4 is 17.9 Å². The van der Waals surface area contributed by atoms with Crippen LogP contribution in [0.5, 0.6) is 0 Å². The van der Waals surface area contributed by atoms with Gasteiger partial charge < -0.3 is 5.11 Å². The number of hydrogen-bond acceptors (Lipinski definition) is 3. The Kier molecular flexibility index (Phi) is 6.10. The molecule has 4 heteroatoms. The summed E-state index contributed by atoms with van der Waals surface area (Å²) in [6, 6.07) is 14.9. The Labute approximate surface area is 166 Å². The van der Waals surface area contributed by atoms with Gasteiger partial charge in [0, 0.05) is 13.0 Å². The second kappa shape index (κ2) is 8.53. The lowest BCUT2D eigenvalue weighted by molar-refractivity contribution is 0.0489. The first kappa shape index (κ1) is 20.0. The predicted octanol–water partition coefficient (Wildman–Crippen LogP) is 4.48. The summed E-state index contributed by atoms with van der Waals surface area (Å²) >= 11 is 0. The maximum Gasteiger partial charge on any atom is 0.261 e. The fourth-order valence-corrected chi connectivity index (χ4v) is 3.59. The molecule has 1 unspecified atom stereocenters. The number of carbonyl (C=O) groups excluding carboxylic acids is 2. The molecule has 0 fully saturated rings. The number of aliphatic hydroxyl groups is 1. The topological polar surface area (TPSA) is 57.6 Å². The zero-order chi connectivity index (χ0) is 20.1. The lowest BCUT2D eigenvalue weighted by atomic mass is 9.91. The van der Waals surface area contributed by atoms with Crippen molar-refractivity contribution < 1.29 is 14.7 Å². The Hall–Kier alpha value is -2.72. The van der Waals surface area contributed by atoms with E-state index in [1.165, 1.54) is 4.90 Å². The summed E-state index contributed by atoms with van der Waals surface area (Å²) in [5.74, 6) is -0.489. The second-order valence-electron chi connectivity index (χ2n) is 7.69. The van der Waals surface area contributed by atoms with E-state index in [4.69, 9.17) is 0 Å². The van der Waals surface area contributed by atoms with Crippen LogP contribution in [0.1, 0.15) is 65.0 Å². The Bertz CT molecular complexity index is 863. The molecule has 2 aromatic carbocycles. The lowest BCUT2D eigenvalue weighted by Crippen LogP contribution is -2.29. The molecule has 1 aliphatic heterocycles. The summed E-state index contributed by atoms with van der Waals surface area (Å²) in [4.78, 5) is 26.0. The van der Waals surface area contributed by atoms with Crippen LogP contribution in [0.25, 0.3) is 6.08 Å². The van der Waals surface area contributed by atoms with E-state index < -0.39 is 5.60 Å². The average molecular weight is 377 g/mol. The molecule has 0 aliphatic carbocycles. The highest BCUT2D eigenvalue weighted by atomic mass is 16.3. The van der Waals surface area contributed by atoms with Crippen LogP contribution in [0.4, 0.5) is 0 Å². The zero-order valence-electron chi connectivity index (χ0n) is 16.5. The van der Waals surface area contributed by atoms with Gasteiger partial charge >= 0.3 is 0 Å².